The van der Waals surface area contributed by atoms with Crippen LogP contribution in [0.5, 0.6) is 11.5 Å². The summed E-state index contributed by atoms with van der Waals surface area (Å²) in [5, 5.41) is 2.74. The number of hydrogen-bond donors (Lipinski definition) is 3. The predicted molar refractivity (Wildman–Crippen MR) is 88.3 cm³/mol. The lowest BCUT2D eigenvalue weighted by Gasteiger charge is -2.04. The number of ether oxygens (including phenoxy) is 2. The van der Waals surface area contributed by atoms with Crippen LogP contribution in [0.15, 0.2) is 47.7 Å². The zero-order valence-electron chi connectivity index (χ0n) is 13.4. The number of fused-ring (bicyclic) bond motifs is 2. The molecule has 1 amide bonds. The molecule has 7 nitrogen and oxygen atoms in total. The van der Waals surface area contributed by atoms with Crippen LogP contribution in [0.4, 0.5) is 8.78 Å². The Morgan fingerprint density at radius 3 is 2.85 bits per heavy atom. The molecule has 134 valence electrons. The van der Waals surface area contributed by atoms with Crippen LogP contribution in [-0.4, -0.2) is 22.2 Å². The molecule has 2 heterocycles. The molecule has 0 fully saturated rings. The minimum atomic E-state index is -3.67. The van der Waals surface area contributed by atoms with Crippen molar-refractivity contribution in [2.75, 3.05) is 0 Å². The second kappa shape index (κ2) is 5.87. The van der Waals surface area contributed by atoms with Gasteiger partial charge in [-0.05, 0) is 18.6 Å². The van der Waals surface area contributed by atoms with Gasteiger partial charge in [0.2, 0.25) is 0 Å². The van der Waals surface area contributed by atoms with Crippen LogP contribution in [-0.2, 0) is 11.3 Å². The van der Waals surface area contributed by atoms with Gasteiger partial charge in [0.15, 0.2) is 11.5 Å². The fourth-order valence-electron chi connectivity index (χ4n) is 2.67. The number of nitrogens with two attached hydrogens (primary N) is 1. The Morgan fingerprint density at radius 2 is 2.04 bits per heavy atom. The molecule has 1 aliphatic heterocycles. The van der Waals surface area contributed by atoms with Gasteiger partial charge < -0.3 is 25.5 Å². The number of hydrogen-bond acceptors (Lipinski definition) is 5. The highest BCUT2D eigenvalue weighted by atomic mass is 19.3. The van der Waals surface area contributed by atoms with Crippen LogP contribution in [0.1, 0.15) is 12.2 Å². The molecule has 1 aromatic heterocycles. The molecule has 9 heteroatoms. The molecule has 1 aliphatic carbocycles. The number of H-pyrrole nitrogens is 1. The van der Waals surface area contributed by atoms with E-state index in [1.165, 1.54) is 12.1 Å². The highest BCUT2D eigenvalue weighted by Gasteiger charge is 2.43. The van der Waals surface area contributed by atoms with Crippen LogP contribution in [0.25, 0.3) is 11.0 Å². The minimum Gasteiger partial charge on any atom is -0.399 e. The Labute approximate surface area is 146 Å². The van der Waals surface area contributed by atoms with Crippen molar-refractivity contribution in [2.45, 2.75) is 19.3 Å². The molecule has 0 radical (unpaired) electrons. The predicted octanol–water partition coefficient (Wildman–Crippen LogP) is 2.23. The number of imidazole rings is 1. The van der Waals surface area contributed by atoms with E-state index in [2.05, 4.69) is 24.8 Å². The topological polar surface area (TPSA) is 102 Å². The lowest BCUT2D eigenvalue weighted by molar-refractivity contribution is -0.286. The molecule has 0 unspecified atom stereocenters. The summed E-state index contributed by atoms with van der Waals surface area (Å²) in [7, 11) is 0. The molecule has 0 atom stereocenters. The van der Waals surface area contributed by atoms with E-state index in [9.17, 15) is 13.6 Å². The summed E-state index contributed by atoms with van der Waals surface area (Å²) < 4.78 is 34.9. The minimum absolute atomic E-state index is 0.0689. The van der Waals surface area contributed by atoms with Gasteiger partial charge in [0, 0.05) is 23.4 Å². The monoisotopic (exact) mass is 360 g/mol. The Morgan fingerprint density at radius 1 is 1.27 bits per heavy atom. The molecule has 0 saturated carbocycles. The summed E-state index contributed by atoms with van der Waals surface area (Å²) >= 11 is 0. The third kappa shape index (κ3) is 3.10. The number of nitrogens with zero attached hydrogens (tertiary/aromatic N) is 1. The fourth-order valence-corrected chi connectivity index (χ4v) is 2.67. The number of carbonyl (C=O) groups is 1. The van der Waals surface area contributed by atoms with Crippen LogP contribution in [0.3, 0.4) is 0 Å². The van der Waals surface area contributed by atoms with Gasteiger partial charge in [0.25, 0.3) is 5.91 Å². The number of alkyl halides is 2. The molecular weight excluding hydrogens is 346 g/mol. The van der Waals surface area contributed by atoms with Gasteiger partial charge in [-0.15, -0.1) is 8.78 Å². The first-order valence-electron chi connectivity index (χ1n) is 7.80. The van der Waals surface area contributed by atoms with E-state index in [0.29, 0.717) is 34.5 Å². The molecule has 0 saturated heterocycles. The molecule has 26 heavy (non-hydrogen) atoms. The molecule has 2 aliphatic rings. The fraction of sp³-hybridized carbons (Fsp3) is 0.176. The summed E-state index contributed by atoms with van der Waals surface area (Å²) in [6.45, 7) is 0.143. The zero-order chi connectivity index (χ0) is 18.3. The van der Waals surface area contributed by atoms with E-state index in [4.69, 9.17) is 5.73 Å². The highest BCUT2D eigenvalue weighted by molar-refractivity contribution is 5.96. The second-order valence-corrected chi connectivity index (χ2v) is 5.78. The SMILES string of the molecule is NC1=CCC=C(C(=O)NCc2nc3cc4c(cc3[nH]2)OC(F)(F)O4)C=C1. The van der Waals surface area contributed by atoms with Crippen molar-refractivity contribution < 1.29 is 23.0 Å². The number of allylic oxidation sites excluding steroid dienone is 3. The number of rotatable bonds is 3. The van der Waals surface area contributed by atoms with Crippen LogP contribution in [0, 0.1) is 0 Å². The average molecular weight is 360 g/mol. The van der Waals surface area contributed by atoms with Gasteiger partial charge in [0.05, 0.1) is 17.6 Å². The maximum Gasteiger partial charge on any atom is 0.586 e. The summed E-state index contributed by atoms with van der Waals surface area (Å²) in [5.74, 6) is 0.0576. The number of nitrogens with one attached hydrogen (secondary N) is 2. The largest absolute Gasteiger partial charge is 0.586 e. The van der Waals surface area contributed by atoms with Gasteiger partial charge >= 0.3 is 6.29 Å². The Balaban J connectivity index is 1.46. The molecule has 2 aromatic rings. The Hall–Kier alpha value is -3.36. The van der Waals surface area contributed by atoms with E-state index >= 15 is 0 Å². The average Bonchev–Trinajstić information content (AvgIpc) is 3.01. The summed E-state index contributed by atoms with van der Waals surface area (Å²) in [5.41, 5.74) is 7.72. The maximum atomic E-state index is 13.1. The van der Waals surface area contributed by atoms with E-state index < -0.39 is 6.29 Å². The number of amides is 1. The van der Waals surface area contributed by atoms with Gasteiger partial charge in [0.1, 0.15) is 5.82 Å². The lowest BCUT2D eigenvalue weighted by atomic mass is 10.2. The Kier molecular flexibility index (Phi) is 3.64. The molecule has 0 bridgehead atoms. The first kappa shape index (κ1) is 16.1. The third-order valence-electron chi connectivity index (χ3n) is 3.88. The highest BCUT2D eigenvalue weighted by Crippen LogP contribution is 2.42. The smallest absolute Gasteiger partial charge is 0.399 e. The van der Waals surface area contributed by atoms with Gasteiger partial charge in [-0.2, -0.15) is 0 Å². The first-order valence-corrected chi connectivity index (χ1v) is 7.80. The quantitative estimate of drug-likeness (QED) is 0.779. The van der Waals surface area contributed by atoms with Gasteiger partial charge in [-0.3, -0.25) is 4.79 Å². The molecular formula is C17H14F2N4O3. The van der Waals surface area contributed by atoms with Crippen molar-refractivity contribution in [3.63, 3.8) is 0 Å². The molecule has 4 rings (SSSR count). The van der Waals surface area contributed by atoms with Crippen molar-refractivity contribution in [3.05, 3.63) is 53.5 Å². The number of carbonyl (C=O) groups excluding carboxylic acids is 1. The summed E-state index contributed by atoms with van der Waals surface area (Å²) in [6.07, 6.45) is 3.79. The lowest BCUT2D eigenvalue weighted by Crippen LogP contribution is -2.25. The van der Waals surface area contributed by atoms with Crippen molar-refractivity contribution >= 4 is 16.9 Å². The molecule has 0 spiro atoms. The van der Waals surface area contributed by atoms with E-state index in [1.807, 2.05) is 6.08 Å². The van der Waals surface area contributed by atoms with Crippen molar-refractivity contribution in [3.8, 4) is 11.5 Å². The number of aromatic amines is 1. The molecule has 4 N–H and O–H groups in total. The van der Waals surface area contributed by atoms with E-state index in [0.717, 1.165) is 0 Å². The number of halogens is 2. The van der Waals surface area contributed by atoms with E-state index in [-0.39, 0.29) is 24.0 Å². The van der Waals surface area contributed by atoms with Gasteiger partial charge in [-0.25, -0.2) is 4.98 Å². The van der Waals surface area contributed by atoms with Crippen molar-refractivity contribution in [1.82, 2.24) is 15.3 Å². The normalized spacial score (nSPS) is 17.6. The van der Waals surface area contributed by atoms with Crippen molar-refractivity contribution in [1.29, 1.82) is 0 Å². The summed E-state index contributed by atoms with van der Waals surface area (Å²) in [6, 6.07) is 2.74. The van der Waals surface area contributed by atoms with Crippen LogP contribution in [0.2, 0.25) is 0 Å². The third-order valence-corrected chi connectivity index (χ3v) is 3.88. The van der Waals surface area contributed by atoms with Crippen LogP contribution < -0.4 is 20.5 Å². The summed E-state index contributed by atoms with van der Waals surface area (Å²) in [4.78, 5) is 19.4. The van der Waals surface area contributed by atoms with Crippen molar-refractivity contribution in [2.24, 2.45) is 5.73 Å². The van der Waals surface area contributed by atoms with E-state index in [1.54, 1.807) is 18.2 Å². The second-order valence-electron chi connectivity index (χ2n) is 5.78. The number of aromatic nitrogens is 2. The Bertz CT molecular complexity index is 946. The van der Waals surface area contributed by atoms with Crippen LogP contribution >= 0.6 is 0 Å². The first-order chi connectivity index (χ1) is 12.4. The number of benzene rings is 1. The zero-order valence-corrected chi connectivity index (χ0v) is 13.4. The van der Waals surface area contributed by atoms with Gasteiger partial charge in [-0.1, -0.05) is 12.2 Å². The molecule has 1 aromatic carbocycles. The standard InChI is InChI=1S/C17H14F2N4O3/c18-17(19)25-13-6-11-12(7-14(13)26-17)23-15(22-11)8-21-16(24)9-2-1-3-10(20)5-4-9/h2-7H,1,8,20H2,(H,21,24)(H,22,23). The maximum absolute atomic E-state index is 13.1.